The third kappa shape index (κ3) is 1.71. The highest BCUT2D eigenvalue weighted by molar-refractivity contribution is 5.77. The highest BCUT2D eigenvalue weighted by Gasteiger charge is 2.42. The number of carboxylic acids is 1. The summed E-state index contributed by atoms with van der Waals surface area (Å²) in [5, 5.41) is 8.24. The van der Waals surface area contributed by atoms with Gasteiger partial charge in [-0.1, -0.05) is 0 Å². The highest BCUT2D eigenvalue weighted by atomic mass is 19.3. The molecule has 14 heavy (non-hydrogen) atoms. The summed E-state index contributed by atoms with van der Waals surface area (Å²) in [6.45, 7) is 1.23. The summed E-state index contributed by atoms with van der Waals surface area (Å²) in [4.78, 5) is 10.2. The largest absolute Gasteiger partial charge is 0.477 e. The topological polar surface area (TPSA) is 37.3 Å². The van der Waals surface area contributed by atoms with Crippen LogP contribution in [0.2, 0.25) is 0 Å². The fourth-order valence-electron chi connectivity index (χ4n) is 1.09. The van der Waals surface area contributed by atoms with Crippen molar-refractivity contribution in [2.45, 2.75) is 12.8 Å². The molecule has 0 amide bonds. The molecular weight excluding hydrogens is 197 g/mol. The van der Waals surface area contributed by atoms with Crippen molar-refractivity contribution in [2.24, 2.45) is 0 Å². The average Bonchev–Trinajstić information content (AvgIpc) is 2.02. The second-order valence-corrected chi connectivity index (χ2v) is 2.84. The maximum absolute atomic E-state index is 12.9. The second kappa shape index (κ2) is 3.32. The molecule has 1 N–H and O–H groups in total. The van der Waals surface area contributed by atoms with Gasteiger partial charge in [-0.15, -0.1) is 0 Å². The lowest BCUT2D eigenvalue weighted by atomic mass is 10.0. The number of halogens is 3. The molecule has 0 saturated carbocycles. The fraction of sp³-hybridized carbons (Fsp3) is 0.222. The van der Waals surface area contributed by atoms with E-state index in [0.29, 0.717) is 0 Å². The standard InChI is InChI=1S/C9H7F3O2/c1-5-4-6(10)2-3-7(5)9(11,12)8(13)14/h2-4H,1H3,(H,13,14). The van der Waals surface area contributed by atoms with Crippen LogP contribution in [0.3, 0.4) is 0 Å². The maximum Gasteiger partial charge on any atom is 0.379 e. The Morgan fingerprint density at radius 3 is 2.43 bits per heavy atom. The monoisotopic (exact) mass is 204 g/mol. The number of aryl methyl sites for hydroxylation is 1. The van der Waals surface area contributed by atoms with Gasteiger partial charge in [-0.2, -0.15) is 8.78 Å². The molecule has 0 unspecified atom stereocenters. The van der Waals surface area contributed by atoms with E-state index in [0.717, 1.165) is 18.2 Å². The van der Waals surface area contributed by atoms with E-state index < -0.39 is 23.3 Å². The van der Waals surface area contributed by atoms with E-state index in [4.69, 9.17) is 5.11 Å². The highest BCUT2D eigenvalue weighted by Crippen LogP contribution is 2.30. The molecule has 76 valence electrons. The third-order valence-electron chi connectivity index (χ3n) is 1.80. The Morgan fingerprint density at radius 1 is 1.43 bits per heavy atom. The number of carboxylic acid groups (broad SMARTS) is 1. The summed E-state index contributed by atoms with van der Waals surface area (Å²) in [7, 11) is 0. The summed E-state index contributed by atoms with van der Waals surface area (Å²) in [5.41, 5.74) is -0.774. The van der Waals surface area contributed by atoms with Crippen molar-refractivity contribution in [3.63, 3.8) is 0 Å². The molecule has 0 radical (unpaired) electrons. The molecule has 1 aromatic carbocycles. The molecule has 0 aliphatic rings. The van der Waals surface area contributed by atoms with Gasteiger partial charge < -0.3 is 5.11 Å². The van der Waals surface area contributed by atoms with Gasteiger partial charge in [-0.05, 0) is 30.7 Å². The smallest absolute Gasteiger partial charge is 0.379 e. The minimum absolute atomic E-state index is 0.0857. The zero-order valence-corrected chi connectivity index (χ0v) is 7.22. The zero-order chi connectivity index (χ0) is 10.9. The van der Waals surface area contributed by atoms with Gasteiger partial charge in [0.05, 0.1) is 0 Å². The second-order valence-electron chi connectivity index (χ2n) is 2.84. The van der Waals surface area contributed by atoms with Crippen LogP contribution in [0.4, 0.5) is 13.2 Å². The lowest BCUT2D eigenvalue weighted by Crippen LogP contribution is -2.26. The van der Waals surface area contributed by atoms with Crippen LogP contribution in [-0.4, -0.2) is 11.1 Å². The first kappa shape index (κ1) is 10.6. The molecule has 1 aromatic rings. The van der Waals surface area contributed by atoms with Crippen LogP contribution in [-0.2, 0) is 10.7 Å². The lowest BCUT2D eigenvalue weighted by molar-refractivity contribution is -0.166. The van der Waals surface area contributed by atoms with Crippen LogP contribution < -0.4 is 0 Å². The van der Waals surface area contributed by atoms with Crippen molar-refractivity contribution < 1.29 is 23.1 Å². The van der Waals surface area contributed by atoms with E-state index in [2.05, 4.69) is 0 Å². The van der Waals surface area contributed by atoms with Crippen LogP contribution >= 0.6 is 0 Å². The quantitative estimate of drug-likeness (QED) is 0.802. The van der Waals surface area contributed by atoms with Gasteiger partial charge in [0.15, 0.2) is 0 Å². The molecule has 0 spiro atoms. The Hall–Kier alpha value is -1.52. The van der Waals surface area contributed by atoms with Gasteiger partial charge >= 0.3 is 11.9 Å². The minimum Gasteiger partial charge on any atom is -0.477 e. The molecule has 0 heterocycles. The fourth-order valence-corrected chi connectivity index (χ4v) is 1.09. The number of benzene rings is 1. The number of alkyl halides is 2. The number of hydrogen-bond donors (Lipinski definition) is 1. The van der Waals surface area contributed by atoms with Crippen LogP contribution in [0.5, 0.6) is 0 Å². The van der Waals surface area contributed by atoms with Crippen LogP contribution in [0.25, 0.3) is 0 Å². The normalized spacial score (nSPS) is 11.4. The lowest BCUT2D eigenvalue weighted by Gasteiger charge is -2.13. The Bertz CT molecular complexity index is 374. The van der Waals surface area contributed by atoms with Gasteiger partial charge in [0.25, 0.3) is 0 Å². The molecule has 2 nitrogen and oxygen atoms in total. The first-order valence-electron chi connectivity index (χ1n) is 3.73. The van der Waals surface area contributed by atoms with E-state index in [9.17, 15) is 18.0 Å². The van der Waals surface area contributed by atoms with E-state index >= 15 is 0 Å². The van der Waals surface area contributed by atoms with Crippen molar-refractivity contribution >= 4 is 5.97 Å². The number of aliphatic carboxylic acids is 1. The molecule has 0 aliphatic carbocycles. The third-order valence-corrected chi connectivity index (χ3v) is 1.80. The summed E-state index contributed by atoms with van der Waals surface area (Å²) < 4.78 is 38.4. The number of hydrogen-bond acceptors (Lipinski definition) is 1. The minimum atomic E-state index is -3.97. The predicted molar refractivity (Wildman–Crippen MR) is 42.7 cm³/mol. The average molecular weight is 204 g/mol. The Balaban J connectivity index is 3.26. The molecule has 0 saturated heterocycles. The Labute approximate surface area is 78.0 Å². The van der Waals surface area contributed by atoms with Crippen molar-refractivity contribution in [2.75, 3.05) is 0 Å². The molecule has 0 bridgehead atoms. The molecule has 0 aromatic heterocycles. The van der Waals surface area contributed by atoms with Crippen molar-refractivity contribution in [1.29, 1.82) is 0 Å². The first-order valence-corrected chi connectivity index (χ1v) is 3.73. The summed E-state index contributed by atoms with van der Waals surface area (Å²) in [6, 6.07) is 2.45. The van der Waals surface area contributed by atoms with Crippen molar-refractivity contribution in [3.05, 3.63) is 35.1 Å². The van der Waals surface area contributed by atoms with Gasteiger partial charge in [0.1, 0.15) is 5.82 Å². The van der Waals surface area contributed by atoms with E-state index in [1.54, 1.807) is 0 Å². The Morgan fingerprint density at radius 2 is 2.00 bits per heavy atom. The number of carbonyl (C=O) groups is 1. The molecule has 0 aliphatic heterocycles. The van der Waals surface area contributed by atoms with Crippen molar-refractivity contribution in [3.8, 4) is 0 Å². The predicted octanol–water partition coefficient (Wildman–Crippen LogP) is 2.31. The summed E-state index contributed by atoms with van der Waals surface area (Å²) in [5.74, 6) is -6.89. The van der Waals surface area contributed by atoms with Gasteiger partial charge in [0, 0.05) is 5.56 Å². The molecule has 0 fully saturated rings. The van der Waals surface area contributed by atoms with E-state index in [-0.39, 0.29) is 5.56 Å². The molecule has 0 atom stereocenters. The Kier molecular flexibility index (Phi) is 2.51. The van der Waals surface area contributed by atoms with E-state index in [1.165, 1.54) is 6.92 Å². The van der Waals surface area contributed by atoms with Crippen LogP contribution in [0, 0.1) is 12.7 Å². The number of rotatable bonds is 2. The van der Waals surface area contributed by atoms with E-state index in [1.807, 2.05) is 0 Å². The molecular formula is C9H7F3O2. The molecule has 1 rings (SSSR count). The maximum atomic E-state index is 12.9. The van der Waals surface area contributed by atoms with Gasteiger partial charge in [-0.3, -0.25) is 0 Å². The first-order chi connectivity index (χ1) is 6.35. The van der Waals surface area contributed by atoms with Crippen LogP contribution in [0.1, 0.15) is 11.1 Å². The van der Waals surface area contributed by atoms with Gasteiger partial charge in [-0.25, -0.2) is 9.18 Å². The molecule has 5 heteroatoms. The van der Waals surface area contributed by atoms with Crippen LogP contribution in [0.15, 0.2) is 18.2 Å². The van der Waals surface area contributed by atoms with Crippen molar-refractivity contribution in [1.82, 2.24) is 0 Å². The SMILES string of the molecule is Cc1cc(F)ccc1C(F)(F)C(=O)O. The van der Waals surface area contributed by atoms with Gasteiger partial charge in [0.2, 0.25) is 0 Å². The summed E-state index contributed by atoms with van der Waals surface area (Å²) >= 11 is 0. The summed E-state index contributed by atoms with van der Waals surface area (Å²) in [6.07, 6.45) is 0. The zero-order valence-electron chi connectivity index (χ0n) is 7.22.